The fourth-order valence-corrected chi connectivity index (χ4v) is 2.00. The SMILES string of the molecule is Cc1occc1C(=O)N1CCNCC1CN. The summed E-state index contributed by atoms with van der Waals surface area (Å²) in [6, 6.07) is 1.79. The van der Waals surface area contributed by atoms with Crippen LogP contribution in [0.4, 0.5) is 0 Å². The van der Waals surface area contributed by atoms with Crippen molar-refractivity contribution in [2.75, 3.05) is 26.2 Å². The quantitative estimate of drug-likeness (QED) is 0.738. The number of carbonyl (C=O) groups excluding carboxylic acids is 1. The van der Waals surface area contributed by atoms with Crippen molar-refractivity contribution in [3.05, 3.63) is 23.7 Å². The Bertz CT molecular complexity index is 375. The van der Waals surface area contributed by atoms with Crippen molar-refractivity contribution in [2.45, 2.75) is 13.0 Å². The number of nitrogens with two attached hydrogens (primary N) is 1. The van der Waals surface area contributed by atoms with Gasteiger partial charge in [-0.15, -0.1) is 0 Å². The molecule has 0 bridgehead atoms. The summed E-state index contributed by atoms with van der Waals surface area (Å²) in [4.78, 5) is 14.1. The molecule has 1 fully saturated rings. The summed E-state index contributed by atoms with van der Waals surface area (Å²) in [5.41, 5.74) is 6.30. The molecular weight excluding hydrogens is 206 g/mol. The number of furan rings is 1. The zero-order valence-electron chi connectivity index (χ0n) is 9.40. The summed E-state index contributed by atoms with van der Waals surface area (Å²) >= 11 is 0. The standard InChI is InChI=1S/C11H17N3O2/c1-8-10(2-5-16-8)11(15)14-4-3-13-7-9(14)6-12/h2,5,9,13H,3-4,6-7,12H2,1H3. The molecule has 0 radical (unpaired) electrons. The molecular formula is C11H17N3O2. The Kier molecular flexibility index (Phi) is 3.26. The maximum Gasteiger partial charge on any atom is 0.257 e. The van der Waals surface area contributed by atoms with Crippen molar-refractivity contribution in [1.82, 2.24) is 10.2 Å². The molecule has 5 nitrogen and oxygen atoms in total. The lowest BCUT2D eigenvalue weighted by Crippen LogP contribution is -2.56. The van der Waals surface area contributed by atoms with Crippen molar-refractivity contribution in [1.29, 1.82) is 0 Å². The van der Waals surface area contributed by atoms with E-state index in [4.69, 9.17) is 10.2 Å². The van der Waals surface area contributed by atoms with Gasteiger partial charge in [0.2, 0.25) is 0 Å². The maximum absolute atomic E-state index is 12.2. The van der Waals surface area contributed by atoms with Gasteiger partial charge in [-0.05, 0) is 13.0 Å². The van der Waals surface area contributed by atoms with E-state index in [9.17, 15) is 4.79 Å². The van der Waals surface area contributed by atoms with Crippen LogP contribution in [0.2, 0.25) is 0 Å². The predicted octanol–water partition coefficient (Wildman–Crippen LogP) is -0.0393. The van der Waals surface area contributed by atoms with E-state index in [0.717, 1.165) is 13.1 Å². The molecule has 16 heavy (non-hydrogen) atoms. The van der Waals surface area contributed by atoms with E-state index < -0.39 is 0 Å². The summed E-state index contributed by atoms with van der Waals surface area (Å²) < 4.78 is 5.15. The first-order valence-electron chi connectivity index (χ1n) is 5.50. The number of aryl methyl sites for hydroxylation is 1. The molecule has 2 rings (SSSR count). The number of hydrogen-bond acceptors (Lipinski definition) is 4. The van der Waals surface area contributed by atoms with Crippen molar-refractivity contribution in [3.63, 3.8) is 0 Å². The molecule has 0 spiro atoms. The van der Waals surface area contributed by atoms with Gasteiger partial charge in [0.25, 0.3) is 5.91 Å². The van der Waals surface area contributed by atoms with E-state index in [1.165, 1.54) is 0 Å². The Morgan fingerprint density at radius 2 is 2.56 bits per heavy atom. The van der Waals surface area contributed by atoms with E-state index >= 15 is 0 Å². The van der Waals surface area contributed by atoms with Gasteiger partial charge in [-0.25, -0.2) is 0 Å². The maximum atomic E-state index is 12.2. The second kappa shape index (κ2) is 4.67. The highest BCUT2D eigenvalue weighted by Gasteiger charge is 2.27. The number of piperazine rings is 1. The van der Waals surface area contributed by atoms with Crippen molar-refractivity contribution < 1.29 is 9.21 Å². The molecule has 0 aromatic carbocycles. The van der Waals surface area contributed by atoms with E-state index in [2.05, 4.69) is 5.32 Å². The highest BCUT2D eigenvalue weighted by Crippen LogP contribution is 2.14. The number of amides is 1. The molecule has 1 aliphatic rings. The first-order chi connectivity index (χ1) is 7.74. The van der Waals surface area contributed by atoms with Crippen LogP contribution in [-0.2, 0) is 0 Å². The third-order valence-corrected chi connectivity index (χ3v) is 2.97. The third-order valence-electron chi connectivity index (χ3n) is 2.97. The van der Waals surface area contributed by atoms with Crippen molar-refractivity contribution in [3.8, 4) is 0 Å². The molecule has 0 aliphatic carbocycles. The molecule has 1 atom stereocenters. The molecule has 5 heteroatoms. The predicted molar refractivity (Wildman–Crippen MR) is 60.2 cm³/mol. The van der Waals surface area contributed by atoms with Crippen LogP contribution in [0.5, 0.6) is 0 Å². The number of nitrogens with zero attached hydrogens (tertiary/aromatic N) is 1. The van der Waals surface area contributed by atoms with Gasteiger partial charge in [0.05, 0.1) is 17.9 Å². The van der Waals surface area contributed by atoms with Gasteiger partial charge >= 0.3 is 0 Å². The highest BCUT2D eigenvalue weighted by atomic mass is 16.3. The van der Waals surface area contributed by atoms with E-state index in [1.807, 2.05) is 4.90 Å². The largest absolute Gasteiger partial charge is 0.469 e. The van der Waals surface area contributed by atoms with Crippen LogP contribution in [0.25, 0.3) is 0 Å². The molecule has 1 saturated heterocycles. The van der Waals surface area contributed by atoms with Crippen LogP contribution >= 0.6 is 0 Å². The molecule has 1 aromatic rings. The van der Waals surface area contributed by atoms with Gasteiger partial charge in [-0.3, -0.25) is 4.79 Å². The smallest absolute Gasteiger partial charge is 0.257 e. The average molecular weight is 223 g/mol. The molecule has 1 unspecified atom stereocenters. The van der Waals surface area contributed by atoms with Crippen LogP contribution in [0.15, 0.2) is 16.7 Å². The third kappa shape index (κ3) is 1.96. The monoisotopic (exact) mass is 223 g/mol. The summed E-state index contributed by atoms with van der Waals surface area (Å²) in [5.74, 6) is 0.683. The second-order valence-corrected chi connectivity index (χ2v) is 3.98. The van der Waals surface area contributed by atoms with Crippen molar-refractivity contribution in [2.24, 2.45) is 5.73 Å². The minimum absolute atomic E-state index is 0.0169. The van der Waals surface area contributed by atoms with Crippen LogP contribution in [0.3, 0.4) is 0 Å². The molecule has 3 N–H and O–H groups in total. The van der Waals surface area contributed by atoms with E-state index in [-0.39, 0.29) is 11.9 Å². The van der Waals surface area contributed by atoms with E-state index in [0.29, 0.717) is 24.4 Å². The van der Waals surface area contributed by atoms with Crippen LogP contribution < -0.4 is 11.1 Å². The zero-order valence-corrected chi connectivity index (χ0v) is 9.40. The van der Waals surface area contributed by atoms with E-state index in [1.54, 1.807) is 19.3 Å². The van der Waals surface area contributed by atoms with Gasteiger partial charge in [0, 0.05) is 26.2 Å². The number of carbonyl (C=O) groups is 1. The summed E-state index contributed by atoms with van der Waals surface area (Å²) in [6.45, 7) is 4.56. The van der Waals surface area contributed by atoms with Crippen LogP contribution in [0.1, 0.15) is 16.1 Å². The zero-order chi connectivity index (χ0) is 11.5. The fraction of sp³-hybridized carbons (Fsp3) is 0.545. The van der Waals surface area contributed by atoms with Crippen LogP contribution in [0, 0.1) is 6.92 Å². The van der Waals surface area contributed by atoms with Crippen molar-refractivity contribution >= 4 is 5.91 Å². The Morgan fingerprint density at radius 1 is 1.75 bits per heavy atom. The lowest BCUT2D eigenvalue weighted by atomic mass is 10.1. The summed E-state index contributed by atoms with van der Waals surface area (Å²) in [5, 5.41) is 3.23. The topological polar surface area (TPSA) is 71.5 Å². The Balaban J connectivity index is 2.17. The number of nitrogens with one attached hydrogen (secondary N) is 1. The van der Waals surface area contributed by atoms with Gasteiger partial charge in [-0.1, -0.05) is 0 Å². The fourth-order valence-electron chi connectivity index (χ4n) is 2.00. The van der Waals surface area contributed by atoms with Gasteiger partial charge in [0.1, 0.15) is 5.76 Å². The van der Waals surface area contributed by atoms with Crippen LogP contribution in [-0.4, -0.2) is 43.0 Å². The van der Waals surface area contributed by atoms with Gasteiger partial charge in [0.15, 0.2) is 0 Å². The molecule has 1 aliphatic heterocycles. The summed E-state index contributed by atoms with van der Waals surface area (Å²) in [6.07, 6.45) is 1.54. The first-order valence-corrected chi connectivity index (χ1v) is 5.50. The Labute approximate surface area is 94.6 Å². The number of rotatable bonds is 2. The molecule has 0 saturated carbocycles. The average Bonchev–Trinajstić information content (AvgIpc) is 2.74. The van der Waals surface area contributed by atoms with Gasteiger partial charge in [-0.2, -0.15) is 0 Å². The second-order valence-electron chi connectivity index (χ2n) is 3.98. The normalized spacial score (nSPS) is 21.1. The molecule has 1 aromatic heterocycles. The Hall–Kier alpha value is -1.33. The van der Waals surface area contributed by atoms with Gasteiger partial charge < -0.3 is 20.4 Å². The lowest BCUT2D eigenvalue weighted by molar-refractivity contribution is 0.0643. The number of hydrogen-bond donors (Lipinski definition) is 2. The molecule has 2 heterocycles. The minimum Gasteiger partial charge on any atom is -0.469 e. The Morgan fingerprint density at radius 3 is 3.19 bits per heavy atom. The molecule has 88 valence electrons. The lowest BCUT2D eigenvalue weighted by Gasteiger charge is -2.35. The first kappa shape index (κ1) is 11.2. The summed E-state index contributed by atoms with van der Waals surface area (Å²) in [7, 11) is 0. The molecule has 1 amide bonds. The minimum atomic E-state index is 0.0169. The highest BCUT2D eigenvalue weighted by molar-refractivity contribution is 5.95.